The SMILES string of the molecule is CN(C)c1nccc(N2CCN(c3nccn4nccc34)CC2)n1. The number of hydrogen-bond acceptors (Lipinski definition) is 7. The van der Waals surface area contributed by atoms with Gasteiger partial charge in [-0.25, -0.2) is 14.5 Å². The highest BCUT2D eigenvalue weighted by molar-refractivity contribution is 5.68. The monoisotopic (exact) mass is 324 g/mol. The zero-order valence-corrected chi connectivity index (χ0v) is 13.9. The number of piperazine rings is 1. The van der Waals surface area contributed by atoms with E-state index in [1.807, 2.05) is 48.0 Å². The molecular formula is C16H20N8. The first-order valence-corrected chi connectivity index (χ1v) is 8.01. The van der Waals surface area contributed by atoms with Crippen LogP contribution in [-0.2, 0) is 0 Å². The molecule has 0 atom stereocenters. The molecule has 0 amide bonds. The molecule has 4 heterocycles. The highest BCUT2D eigenvalue weighted by Crippen LogP contribution is 2.22. The van der Waals surface area contributed by atoms with Crippen LogP contribution in [0.3, 0.4) is 0 Å². The maximum absolute atomic E-state index is 4.63. The second kappa shape index (κ2) is 5.95. The Kier molecular flexibility index (Phi) is 3.64. The van der Waals surface area contributed by atoms with Crippen molar-refractivity contribution < 1.29 is 0 Å². The van der Waals surface area contributed by atoms with Crippen molar-refractivity contribution in [1.29, 1.82) is 0 Å². The van der Waals surface area contributed by atoms with Crippen LogP contribution in [0, 0.1) is 0 Å². The molecule has 0 radical (unpaired) electrons. The van der Waals surface area contributed by atoms with E-state index in [1.54, 1.807) is 12.4 Å². The van der Waals surface area contributed by atoms with Crippen molar-refractivity contribution in [2.75, 3.05) is 55.0 Å². The third kappa shape index (κ3) is 2.60. The zero-order chi connectivity index (χ0) is 16.5. The lowest BCUT2D eigenvalue weighted by molar-refractivity contribution is 0.641. The fourth-order valence-electron chi connectivity index (χ4n) is 2.97. The van der Waals surface area contributed by atoms with Crippen LogP contribution < -0.4 is 14.7 Å². The van der Waals surface area contributed by atoms with Gasteiger partial charge in [0.25, 0.3) is 0 Å². The summed E-state index contributed by atoms with van der Waals surface area (Å²) < 4.78 is 1.86. The fraction of sp³-hybridized carbons (Fsp3) is 0.375. The van der Waals surface area contributed by atoms with Gasteiger partial charge in [0, 0.05) is 58.9 Å². The molecule has 3 aromatic rings. The summed E-state index contributed by atoms with van der Waals surface area (Å²) in [5, 5.41) is 4.28. The van der Waals surface area contributed by atoms with Crippen molar-refractivity contribution in [1.82, 2.24) is 24.6 Å². The Morgan fingerprint density at radius 1 is 0.917 bits per heavy atom. The lowest BCUT2D eigenvalue weighted by atomic mass is 10.3. The third-order valence-electron chi connectivity index (χ3n) is 4.24. The van der Waals surface area contributed by atoms with Gasteiger partial charge in [0.05, 0.1) is 6.20 Å². The van der Waals surface area contributed by atoms with Crippen LogP contribution in [-0.4, -0.2) is 64.8 Å². The fourth-order valence-corrected chi connectivity index (χ4v) is 2.97. The first-order valence-electron chi connectivity index (χ1n) is 8.01. The number of nitrogens with zero attached hydrogens (tertiary/aromatic N) is 8. The Bertz CT molecular complexity index is 835. The molecule has 8 heteroatoms. The molecule has 0 aliphatic carbocycles. The molecule has 0 unspecified atom stereocenters. The van der Waals surface area contributed by atoms with Crippen molar-refractivity contribution >= 4 is 23.1 Å². The molecule has 0 saturated carbocycles. The van der Waals surface area contributed by atoms with E-state index in [0.717, 1.165) is 49.3 Å². The van der Waals surface area contributed by atoms with Gasteiger partial charge in [-0.15, -0.1) is 0 Å². The maximum Gasteiger partial charge on any atom is 0.226 e. The Hall–Kier alpha value is -2.90. The molecule has 0 aromatic carbocycles. The molecule has 8 nitrogen and oxygen atoms in total. The first kappa shape index (κ1) is 14.7. The van der Waals surface area contributed by atoms with Gasteiger partial charge in [-0.3, -0.25) is 0 Å². The minimum absolute atomic E-state index is 0.737. The van der Waals surface area contributed by atoms with Gasteiger partial charge in [0.15, 0.2) is 5.82 Å². The summed E-state index contributed by atoms with van der Waals surface area (Å²) in [4.78, 5) is 20.0. The van der Waals surface area contributed by atoms with E-state index in [1.165, 1.54) is 0 Å². The second-order valence-electron chi connectivity index (χ2n) is 6.00. The highest BCUT2D eigenvalue weighted by atomic mass is 15.3. The highest BCUT2D eigenvalue weighted by Gasteiger charge is 2.21. The average molecular weight is 324 g/mol. The number of aromatic nitrogens is 5. The van der Waals surface area contributed by atoms with Gasteiger partial charge in [-0.2, -0.15) is 10.1 Å². The van der Waals surface area contributed by atoms with E-state index in [0.29, 0.717) is 0 Å². The Morgan fingerprint density at radius 3 is 2.50 bits per heavy atom. The van der Waals surface area contributed by atoms with E-state index < -0.39 is 0 Å². The summed E-state index contributed by atoms with van der Waals surface area (Å²) in [5.41, 5.74) is 1.04. The zero-order valence-electron chi connectivity index (χ0n) is 13.9. The molecule has 0 N–H and O–H groups in total. The van der Waals surface area contributed by atoms with E-state index in [-0.39, 0.29) is 0 Å². The molecule has 0 spiro atoms. The summed E-state index contributed by atoms with van der Waals surface area (Å²) in [5.74, 6) is 2.70. The van der Waals surface area contributed by atoms with Crippen LogP contribution in [0.2, 0.25) is 0 Å². The number of anilines is 3. The van der Waals surface area contributed by atoms with Crippen LogP contribution in [0.25, 0.3) is 5.52 Å². The van der Waals surface area contributed by atoms with Crippen molar-refractivity contribution in [3.05, 3.63) is 36.9 Å². The smallest absolute Gasteiger partial charge is 0.226 e. The van der Waals surface area contributed by atoms with Crippen molar-refractivity contribution in [3.63, 3.8) is 0 Å². The van der Waals surface area contributed by atoms with Gasteiger partial charge in [-0.05, 0) is 12.1 Å². The van der Waals surface area contributed by atoms with Crippen LogP contribution in [0.1, 0.15) is 0 Å². The number of fused-ring (bicyclic) bond motifs is 1. The lowest BCUT2D eigenvalue weighted by Crippen LogP contribution is -2.47. The van der Waals surface area contributed by atoms with Crippen molar-refractivity contribution in [3.8, 4) is 0 Å². The topological polar surface area (TPSA) is 65.7 Å². The second-order valence-corrected chi connectivity index (χ2v) is 6.00. The minimum atomic E-state index is 0.737. The molecule has 1 saturated heterocycles. The van der Waals surface area contributed by atoms with Gasteiger partial charge >= 0.3 is 0 Å². The predicted molar refractivity (Wildman–Crippen MR) is 93.8 cm³/mol. The molecule has 1 aliphatic rings. The molecule has 3 aromatic heterocycles. The van der Waals surface area contributed by atoms with Crippen molar-refractivity contribution in [2.45, 2.75) is 0 Å². The van der Waals surface area contributed by atoms with Gasteiger partial charge in [0.1, 0.15) is 11.3 Å². The molecular weight excluding hydrogens is 304 g/mol. The number of hydrogen-bond donors (Lipinski definition) is 0. The van der Waals surface area contributed by atoms with Crippen LogP contribution in [0.5, 0.6) is 0 Å². The lowest BCUT2D eigenvalue weighted by Gasteiger charge is -2.36. The first-order chi connectivity index (χ1) is 11.7. The van der Waals surface area contributed by atoms with Crippen LogP contribution >= 0.6 is 0 Å². The molecule has 124 valence electrons. The van der Waals surface area contributed by atoms with E-state index in [9.17, 15) is 0 Å². The minimum Gasteiger partial charge on any atom is -0.353 e. The Balaban J connectivity index is 1.51. The quantitative estimate of drug-likeness (QED) is 0.709. The van der Waals surface area contributed by atoms with E-state index in [2.05, 4.69) is 29.9 Å². The van der Waals surface area contributed by atoms with Crippen molar-refractivity contribution in [2.24, 2.45) is 0 Å². The van der Waals surface area contributed by atoms with Crippen LogP contribution in [0.15, 0.2) is 36.9 Å². The largest absolute Gasteiger partial charge is 0.353 e. The Morgan fingerprint density at radius 2 is 1.71 bits per heavy atom. The summed E-state index contributed by atoms with van der Waals surface area (Å²) in [6.07, 6.45) is 7.30. The summed E-state index contributed by atoms with van der Waals surface area (Å²) in [6, 6.07) is 3.97. The van der Waals surface area contributed by atoms with E-state index >= 15 is 0 Å². The summed E-state index contributed by atoms with van der Waals surface area (Å²) >= 11 is 0. The predicted octanol–water partition coefficient (Wildman–Crippen LogP) is 0.912. The maximum atomic E-state index is 4.63. The molecule has 1 fully saturated rings. The van der Waals surface area contributed by atoms with Crippen LogP contribution in [0.4, 0.5) is 17.6 Å². The third-order valence-corrected chi connectivity index (χ3v) is 4.24. The number of rotatable bonds is 3. The van der Waals surface area contributed by atoms with E-state index in [4.69, 9.17) is 0 Å². The summed E-state index contributed by atoms with van der Waals surface area (Å²) in [6.45, 7) is 3.61. The average Bonchev–Trinajstić information content (AvgIpc) is 3.11. The van der Waals surface area contributed by atoms with Gasteiger partial charge in [-0.1, -0.05) is 0 Å². The molecule has 24 heavy (non-hydrogen) atoms. The molecule has 1 aliphatic heterocycles. The molecule has 0 bridgehead atoms. The van der Waals surface area contributed by atoms with Gasteiger partial charge < -0.3 is 14.7 Å². The summed E-state index contributed by atoms with van der Waals surface area (Å²) in [7, 11) is 3.91. The standard InChI is InChI=1S/C16H20N8/c1-21(2)16-18-5-4-14(20-16)22-9-11-23(12-10-22)15-13-3-6-19-24(13)8-7-17-15/h3-8H,9-12H2,1-2H3. The molecule has 4 rings (SSSR count). The Labute approximate surface area is 140 Å². The van der Waals surface area contributed by atoms with Gasteiger partial charge in [0.2, 0.25) is 5.95 Å². The normalized spacial score (nSPS) is 15.1.